The van der Waals surface area contributed by atoms with E-state index in [-0.39, 0.29) is 29.9 Å². The monoisotopic (exact) mass is 431 g/mol. The Labute approximate surface area is 181 Å². The number of ether oxygens (including phenoxy) is 3. The summed E-state index contributed by atoms with van der Waals surface area (Å²) >= 11 is 0. The van der Waals surface area contributed by atoms with Gasteiger partial charge < -0.3 is 29.4 Å². The Morgan fingerprint density at radius 1 is 1.26 bits per heavy atom. The van der Waals surface area contributed by atoms with Crippen LogP contribution in [-0.2, 0) is 19.1 Å². The van der Waals surface area contributed by atoms with Gasteiger partial charge in [0, 0.05) is 19.5 Å². The highest BCUT2D eigenvalue weighted by atomic mass is 16.5. The Morgan fingerprint density at radius 3 is 2.77 bits per heavy atom. The van der Waals surface area contributed by atoms with E-state index in [0.29, 0.717) is 42.0 Å². The molecule has 1 aliphatic rings. The van der Waals surface area contributed by atoms with E-state index < -0.39 is 5.97 Å². The molecule has 1 fully saturated rings. The molecule has 0 aliphatic carbocycles. The van der Waals surface area contributed by atoms with Crippen LogP contribution in [0.4, 0.5) is 5.69 Å². The molecule has 0 unspecified atom stereocenters. The van der Waals surface area contributed by atoms with Crippen LogP contribution in [0, 0.1) is 5.92 Å². The topological polar surface area (TPSA) is 110 Å². The molecule has 1 saturated heterocycles. The van der Waals surface area contributed by atoms with Crippen molar-refractivity contribution < 1.29 is 28.6 Å². The highest BCUT2D eigenvalue weighted by Gasteiger charge is 2.27. The number of esters is 2. The molecule has 31 heavy (non-hydrogen) atoms. The normalized spacial score (nSPS) is 16.7. The maximum atomic E-state index is 12.7. The van der Waals surface area contributed by atoms with Crippen molar-refractivity contribution in [1.29, 1.82) is 0 Å². The van der Waals surface area contributed by atoms with Gasteiger partial charge in [-0.05, 0) is 38.4 Å². The quantitative estimate of drug-likeness (QED) is 0.618. The van der Waals surface area contributed by atoms with Crippen LogP contribution in [0.1, 0.15) is 36.7 Å². The molecule has 2 heterocycles. The van der Waals surface area contributed by atoms with Crippen LogP contribution in [0.15, 0.2) is 18.2 Å². The van der Waals surface area contributed by atoms with Crippen molar-refractivity contribution >= 4 is 34.4 Å². The fourth-order valence-corrected chi connectivity index (χ4v) is 3.94. The van der Waals surface area contributed by atoms with Gasteiger partial charge in [-0.25, -0.2) is 4.79 Å². The van der Waals surface area contributed by atoms with Crippen LogP contribution < -0.4 is 10.1 Å². The first-order chi connectivity index (χ1) is 15.0. The van der Waals surface area contributed by atoms with Gasteiger partial charge in [0.1, 0.15) is 11.4 Å². The fraction of sp³-hybridized carbons (Fsp3) is 0.500. The van der Waals surface area contributed by atoms with Crippen molar-refractivity contribution in [1.82, 2.24) is 9.88 Å². The maximum Gasteiger partial charge on any atom is 0.356 e. The van der Waals surface area contributed by atoms with Gasteiger partial charge in [-0.3, -0.25) is 9.59 Å². The summed E-state index contributed by atoms with van der Waals surface area (Å²) in [6.07, 6.45) is 1.91. The lowest BCUT2D eigenvalue weighted by Crippen LogP contribution is -2.40. The number of carbonyl (C=O) groups excluding carboxylic acids is 3. The minimum absolute atomic E-state index is 0.152. The number of nitrogens with one attached hydrogen (secondary N) is 2. The number of aromatic nitrogens is 1. The number of piperidine rings is 1. The lowest BCUT2D eigenvalue weighted by atomic mass is 9.98. The number of fused-ring (bicyclic) bond motifs is 1. The highest BCUT2D eigenvalue weighted by Crippen LogP contribution is 2.35. The molecule has 2 N–H and O–H groups in total. The van der Waals surface area contributed by atoms with Crippen molar-refractivity contribution in [3.05, 3.63) is 23.9 Å². The standard InChI is InChI=1S/C22H29N3O6/c1-4-31-21(27)14-7-6-11-25(13-14)12-10-17(26)24-19-18-15(8-5-9-16(18)29-2)23-20(19)22(28)30-3/h5,8-9,14,23H,4,6-7,10-13H2,1-3H3,(H,24,26)/t14-/m0/s1. The van der Waals surface area contributed by atoms with Gasteiger partial charge in [0.05, 0.1) is 43.3 Å². The first-order valence-corrected chi connectivity index (χ1v) is 10.4. The number of carbonyl (C=O) groups is 3. The minimum atomic E-state index is -0.582. The van der Waals surface area contributed by atoms with Gasteiger partial charge in [0.15, 0.2) is 0 Å². The lowest BCUT2D eigenvalue weighted by molar-refractivity contribution is -0.149. The van der Waals surface area contributed by atoms with Crippen molar-refractivity contribution in [3.8, 4) is 5.75 Å². The van der Waals surface area contributed by atoms with Crippen molar-refractivity contribution in [2.75, 3.05) is 45.8 Å². The smallest absolute Gasteiger partial charge is 0.356 e. The number of hydrogen-bond acceptors (Lipinski definition) is 7. The predicted octanol–water partition coefficient (Wildman–Crippen LogP) is 2.57. The molecule has 0 spiro atoms. The second-order valence-electron chi connectivity index (χ2n) is 7.44. The predicted molar refractivity (Wildman–Crippen MR) is 115 cm³/mol. The van der Waals surface area contributed by atoms with Gasteiger partial charge in [0.2, 0.25) is 5.91 Å². The number of likely N-dealkylation sites (tertiary alicyclic amines) is 1. The van der Waals surface area contributed by atoms with E-state index in [1.54, 1.807) is 25.1 Å². The van der Waals surface area contributed by atoms with Crippen LogP contribution >= 0.6 is 0 Å². The molecule has 1 amide bonds. The van der Waals surface area contributed by atoms with Gasteiger partial charge in [-0.15, -0.1) is 0 Å². The lowest BCUT2D eigenvalue weighted by Gasteiger charge is -2.31. The Morgan fingerprint density at radius 2 is 2.06 bits per heavy atom. The Bertz CT molecular complexity index is 954. The van der Waals surface area contributed by atoms with E-state index in [4.69, 9.17) is 14.2 Å². The first-order valence-electron chi connectivity index (χ1n) is 10.4. The van der Waals surface area contributed by atoms with E-state index in [1.165, 1.54) is 14.2 Å². The van der Waals surface area contributed by atoms with Gasteiger partial charge in [-0.2, -0.15) is 0 Å². The molecule has 1 aliphatic heterocycles. The van der Waals surface area contributed by atoms with Crippen LogP contribution in [0.2, 0.25) is 0 Å². The molecule has 0 saturated carbocycles. The SMILES string of the molecule is CCOC(=O)[C@H]1CCCN(CCC(=O)Nc2c(C(=O)OC)[nH]c3cccc(OC)c23)C1. The fourth-order valence-electron chi connectivity index (χ4n) is 3.94. The maximum absolute atomic E-state index is 12.7. The minimum Gasteiger partial charge on any atom is -0.496 e. The molecule has 1 atom stereocenters. The number of aromatic amines is 1. The second-order valence-corrected chi connectivity index (χ2v) is 7.44. The van der Waals surface area contributed by atoms with Crippen LogP contribution in [0.25, 0.3) is 10.9 Å². The van der Waals surface area contributed by atoms with Crippen molar-refractivity contribution in [2.45, 2.75) is 26.2 Å². The molecule has 9 nitrogen and oxygen atoms in total. The van der Waals surface area contributed by atoms with E-state index >= 15 is 0 Å². The number of H-pyrrole nitrogens is 1. The van der Waals surface area contributed by atoms with E-state index in [9.17, 15) is 14.4 Å². The molecule has 0 radical (unpaired) electrons. The number of rotatable bonds is 8. The number of nitrogens with zero attached hydrogens (tertiary/aromatic N) is 1. The van der Waals surface area contributed by atoms with Crippen LogP contribution in [0.3, 0.4) is 0 Å². The van der Waals surface area contributed by atoms with Crippen molar-refractivity contribution in [2.24, 2.45) is 5.92 Å². The number of anilines is 1. The number of benzene rings is 1. The average molecular weight is 431 g/mol. The Kier molecular flexibility index (Phi) is 7.51. The van der Waals surface area contributed by atoms with Crippen molar-refractivity contribution in [3.63, 3.8) is 0 Å². The molecule has 1 aromatic heterocycles. The molecule has 168 valence electrons. The number of hydrogen-bond donors (Lipinski definition) is 2. The zero-order chi connectivity index (χ0) is 22.4. The Hall–Kier alpha value is -3.07. The molecular weight excluding hydrogens is 402 g/mol. The largest absolute Gasteiger partial charge is 0.496 e. The Balaban J connectivity index is 1.70. The average Bonchev–Trinajstić information content (AvgIpc) is 3.16. The summed E-state index contributed by atoms with van der Waals surface area (Å²) < 4.78 is 15.4. The summed E-state index contributed by atoms with van der Waals surface area (Å²) in [4.78, 5) is 42.1. The summed E-state index contributed by atoms with van der Waals surface area (Å²) in [5.41, 5.74) is 1.16. The third-order valence-electron chi connectivity index (χ3n) is 5.44. The third kappa shape index (κ3) is 5.16. The molecule has 9 heteroatoms. The molecular formula is C22H29N3O6. The molecule has 0 bridgehead atoms. The van der Waals surface area contributed by atoms with E-state index in [2.05, 4.69) is 15.2 Å². The van der Waals surface area contributed by atoms with Crippen LogP contribution in [0.5, 0.6) is 5.75 Å². The zero-order valence-corrected chi connectivity index (χ0v) is 18.2. The third-order valence-corrected chi connectivity index (χ3v) is 5.44. The van der Waals surface area contributed by atoms with E-state index in [0.717, 1.165) is 19.4 Å². The summed E-state index contributed by atoms with van der Waals surface area (Å²) in [5, 5.41) is 3.46. The second kappa shape index (κ2) is 10.3. The van der Waals surface area contributed by atoms with Gasteiger partial charge >= 0.3 is 11.9 Å². The number of amides is 1. The van der Waals surface area contributed by atoms with Crippen LogP contribution in [-0.4, -0.2) is 68.2 Å². The van der Waals surface area contributed by atoms with Gasteiger partial charge in [-0.1, -0.05) is 6.07 Å². The first kappa shape index (κ1) is 22.6. The summed E-state index contributed by atoms with van der Waals surface area (Å²) in [5.74, 6) is -0.615. The van der Waals surface area contributed by atoms with E-state index in [1.807, 2.05) is 0 Å². The number of methoxy groups -OCH3 is 2. The summed E-state index contributed by atoms with van der Waals surface area (Å²) in [6, 6.07) is 5.35. The van der Waals surface area contributed by atoms with Gasteiger partial charge in [0.25, 0.3) is 0 Å². The zero-order valence-electron chi connectivity index (χ0n) is 18.2. The molecule has 2 aromatic rings. The summed E-state index contributed by atoms with van der Waals surface area (Å²) in [7, 11) is 2.81. The highest BCUT2D eigenvalue weighted by molar-refractivity contribution is 6.12. The molecule has 3 rings (SSSR count). The molecule has 1 aromatic carbocycles. The summed E-state index contributed by atoms with van der Waals surface area (Å²) in [6.45, 7) is 4.09.